The van der Waals surface area contributed by atoms with Crippen LogP contribution < -0.4 is 0 Å². The minimum Gasteiger partial charge on any atom is -0.477 e. The first-order valence-corrected chi connectivity index (χ1v) is 4.33. The molecule has 4 nitrogen and oxygen atoms in total. The fraction of sp³-hybridized carbons (Fsp3) is 0.875. The molecule has 0 aromatic rings. The van der Waals surface area contributed by atoms with E-state index in [4.69, 9.17) is 14.6 Å². The maximum atomic E-state index is 12.5. The molecule has 0 atom stereocenters. The van der Waals surface area contributed by atoms with Crippen molar-refractivity contribution in [2.24, 2.45) is 0 Å². The lowest BCUT2D eigenvalue weighted by atomic mass is 10.1. The minimum absolute atomic E-state index is 0.311. The first-order valence-electron chi connectivity index (χ1n) is 4.33. The summed E-state index contributed by atoms with van der Waals surface area (Å²) in [6.07, 6.45) is 0.764. The Hall–Kier alpha value is -0.750. The van der Waals surface area contributed by atoms with E-state index in [1.165, 1.54) is 0 Å². The molecule has 0 saturated carbocycles. The quantitative estimate of drug-likeness (QED) is 0.749. The Morgan fingerprint density at radius 2 is 2.07 bits per heavy atom. The van der Waals surface area contributed by atoms with Crippen LogP contribution in [-0.2, 0) is 14.3 Å². The summed E-state index contributed by atoms with van der Waals surface area (Å²) in [5.41, 5.74) is 0. The standard InChI is InChI=1S/C8H12F2O4/c9-8(10,7(11)12)5-14-6-1-3-13-4-2-6/h6H,1-5H2,(H,11,12). The molecule has 1 fully saturated rings. The summed E-state index contributed by atoms with van der Waals surface area (Å²) in [5.74, 6) is -5.94. The van der Waals surface area contributed by atoms with E-state index in [0.29, 0.717) is 26.1 Å². The molecule has 0 aliphatic carbocycles. The fourth-order valence-corrected chi connectivity index (χ4v) is 1.13. The van der Waals surface area contributed by atoms with Crippen LogP contribution in [0.5, 0.6) is 0 Å². The van der Waals surface area contributed by atoms with Gasteiger partial charge in [0.1, 0.15) is 6.61 Å². The molecule has 0 aromatic heterocycles. The second-order valence-electron chi connectivity index (χ2n) is 3.13. The highest BCUT2D eigenvalue weighted by atomic mass is 19.3. The van der Waals surface area contributed by atoms with Crippen molar-refractivity contribution in [2.75, 3.05) is 19.8 Å². The number of ether oxygens (including phenoxy) is 2. The van der Waals surface area contributed by atoms with Gasteiger partial charge in [0.25, 0.3) is 0 Å². The molecule has 0 unspecified atom stereocenters. The lowest BCUT2D eigenvalue weighted by Crippen LogP contribution is -2.36. The lowest BCUT2D eigenvalue weighted by molar-refractivity contribution is -0.178. The number of hydrogen-bond acceptors (Lipinski definition) is 3. The van der Waals surface area contributed by atoms with Crippen molar-refractivity contribution < 1.29 is 28.2 Å². The third-order valence-corrected chi connectivity index (χ3v) is 1.98. The van der Waals surface area contributed by atoms with E-state index in [-0.39, 0.29) is 6.10 Å². The second kappa shape index (κ2) is 4.65. The molecule has 1 rings (SSSR count). The van der Waals surface area contributed by atoms with E-state index in [0.717, 1.165) is 0 Å². The highest BCUT2D eigenvalue weighted by molar-refractivity contribution is 5.75. The maximum Gasteiger partial charge on any atom is 0.377 e. The molecule has 82 valence electrons. The Morgan fingerprint density at radius 1 is 1.50 bits per heavy atom. The summed E-state index contributed by atoms with van der Waals surface area (Å²) in [5, 5.41) is 8.12. The van der Waals surface area contributed by atoms with Gasteiger partial charge in [-0.2, -0.15) is 8.78 Å². The van der Waals surface area contributed by atoms with Crippen LogP contribution in [0.3, 0.4) is 0 Å². The molecule has 1 aliphatic rings. The van der Waals surface area contributed by atoms with Gasteiger partial charge < -0.3 is 14.6 Å². The third-order valence-electron chi connectivity index (χ3n) is 1.98. The molecule has 1 saturated heterocycles. The van der Waals surface area contributed by atoms with E-state index in [2.05, 4.69) is 0 Å². The number of carboxylic acids is 1. The predicted octanol–water partition coefficient (Wildman–Crippen LogP) is 0.902. The summed E-state index contributed by atoms with van der Waals surface area (Å²) >= 11 is 0. The molecule has 0 radical (unpaired) electrons. The van der Waals surface area contributed by atoms with Gasteiger partial charge in [-0.15, -0.1) is 0 Å². The fourth-order valence-electron chi connectivity index (χ4n) is 1.13. The predicted molar refractivity (Wildman–Crippen MR) is 42.4 cm³/mol. The van der Waals surface area contributed by atoms with Gasteiger partial charge in [0.2, 0.25) is 0 Å². The van der Waals surface area contributed by atoms with Gasteiger partial charge in [0, 0.05) is 13.2 Å². The summed E-state index contributed by atoms with van der Waals surface area (Å²) in [7, 11) is 0. The number of aliphatic carboxylic acids is 1. The Kier molecular flexibility index (Phi) is 3.77. The number of hydrogen-bond donors (Lipinski definition) is 1. The average Bonchev–Trinajstić information content (AvgIpc) is 2.16. The van der Waals surface area contributed by atoms with Crippen LogP contribution in [0.1, 0.15) is 12.8 Å². The van der Waals surface area contributed by atoms with Crippen molar-refractivity contribution in [3.63, 3.8) is 0 Å². The van der Waals surface area contributed by atoms with Crippen molar-refractivity contribution in [2.45, 2.75) is 24.9 Å². The molecule has 0 bridgehead atoms. The van der Waals surface area contributed by atoms with Crippen molar-refractivity contribution >= 4 is 5.97 Å². The Labute approximate surface area is 79.8 Å². The zero-order chi connectivity index (χ0) is 10.6. The highest BCUT2D eigenvalue weighted by Crippen LogP contribution is 2.18. The average molecular weight is 210 g/mol. The summed E-state index contributed by atoms with van der Waals surface area (Å²) in [6, 6.07) is 0. The van der Waals surface area contributed by atoms with Crippen molar-refractivity contribution in [3.05, 3.63) is 0 Å². The maximum absolute atomic E-state index is 12.5. The Balaban J connectivity index is 2.28. The monoisotopic (exact) mass is 210 g/mol. The van der Waals surface area contributed by atoms with E-state index in [1.54, 1.807) is 0 Å². The van der Waals surface area contributed by atoms with Gasteiger partial charge >= 0.3 is 11.9 Å². The van der Waals surface area contributed by atoms with Crippen molar-refractivity contribution in [1.82, 2.24) is 0 Å². The number of alkyl halides is 2. The molecule has 1 heterocycles. The van der Waals surface area contributed by atoms with Crippen LogP contribution in [0, 0.1) is 0 Å². The van der Waals surface area contributed by atoms with Gasteiger partial charge in [-0.1, -0.05) is 0 Å². The summed E-state index contributed by atoms with van der Waals surface area (Å²) < 4.78 is 34.9. The third kappa shape index (κ3) is 3.19. The molecule has 1 N–H and O–H groups in total. The van der Waals surface area contributed by atoms with Gasteiger partial charge in [0.05, 0.1) is 6.10 Å². The van der Waals surface area contributed by atoms with Crippen molar-refractivity contribution in [1.29, 1.82) is 0 Å². The van der Waals surface area contributed by atoms with E-state index >= 15 is 0 Å². The van der Waals surface area contributed by atoms with Crippen LogP contribution in [0.2, 0.25) is 0 Å². The Bertz CT molecular complexity index is 202. The molecular weight excluding hydrogens is 198 g/mol. The molecule has 6 heteroatoms. The molecule has 0 aromatic carbocycles. The van der Waals surface area contributed by atoms with Gasteiger partial charge in [0.15, 0.2) is 0 Å². The molecule has 14 heavy (non-hydrogen) atoms. The molecule has 1 aliphatic heterocycles. The first-order chi connectivity index (χ1) is 6.52. The smallest absolute Gasteiger partial charge is 0.377 e. The first kappa shape index (κ1) is 11.3. The Morgan fingerprint density at radius 3 is 2.57 bits per heavy atom. The van der Waals surface area contributed by atoms with Gasteiger partial charge in [-0.3, -0.25) is 0 Å². The molecule has 0 amide bonds. The zero-order valence-electron chi connectivity index (χ0n) is 7.54. The van der Waals surface area contributed by atoms with Gasteiger partial charge in [-0.05, 0) is 12.8 Å². The van der Waals surface area contributed by atoms with E-state index in [9.17, 15) is 13.6 Å². The number of rotatable bonds is 4. The summed E-state index contributed by atoms with van der Waals surface area (Å²) in [6.45, 7) is -0.111. The number of carbonyl (C=O) groups is 1. The second-order valence-corrected chi connectivity index (χ2v) is 3.13. The zero-order valence-corrected chi connectivity index (χ0v) is 7.54. The van der Waals surface area contributed by atoms with E-state index < -0.39 is 18.5 Å². The molecular formula is C8H12F2O4. The van der Waals surface area contributed by atoms with Crippen LogP contribution >= 0.6 is 0 Å². The minimum atomic E-state index is -3.79. The van der Waals surface area contributed by atoms with Crippen molar-refractivity contribution in [3.8, 4) is 0 Å². The van der Waals surface area contributed by atoms with Crippen LogP contribution in [-0.4, -0.2) is 42.9 Å². The number of carboxylic acid groups (broad SMARTS) is 1. The topological polar surface area (TPSA) is 55.8 Å². The highest BCUT2D eigenvalue weighted by Gasteiger charge is 2.40. The SMILES string of the molecule is O=C(O)C(F)(F)COC1CCOCC1. The van der Waals surface area contributed by atoms with Crippen LogP contribution in [0.15, 0.2) is 0 Å². The van der Waals surface area contributed by atoms with E-state index in [1.807, 2.05) is 0 Å². The lowest BCUT2D eigenvalue weighted by Gasteiger charge is -2.23. The largest absolute Gasteiger partial charge is 0.477 e. The van der Waals surface area contributed by atoms with Gasteiger partial charge in [-0.25, -0.2) is 4.79 Å². The number of halogens is 2. The molecule has 0 spiro atoms. The van der Waals surface area contributed by atoms with Crippen LogP contribution in [0.25, 0.3) is 0 Å². The summed E-state index contributed by atoms with van der Waals surface area (Å²) in [4.78, 5) is 10.0. The normalized spacial score (nSPS) is 19.6. The van der Waals surface area contributed by atoms with Crippen LogP contribution in [0.4, 0.5) is 8.78 Å².